The predicted octanol–water partition coefficient (Wildman–Crippen LogP) is 2.96. The van der Waals surface area contributed by atoms with Crippen LogP contribution in [-0.4, -0.2) is 71.7 Å². The van der Waals surface area contributed by atoms with E-state index >= 15 is 0 Å². The molecule has 1 amide bonds. The standard InChI is InChI=1S/C20H43N2O6P/c1-4-5-6-7-8-9-10-11-12-14-20(24)21-15-13-16-22(2,3)17-19(23)18-28-29(25,26)27/h19,23H,4-18H2,1-3H3,(H2-,21,24,25,26,27)/p+1. The number of phosphoric ester groups is 1. The summed E-state index contributed by atoms with van der Waals surface area (Å²) in [5.74, 6) is 0.0910. The number of hydrogen-bond acceptors (Lipinski definition) is 4. The van der Waals surface area contributed by atoms with Gasteiger partial charge in [-0.1, -0.05) is 58.3 Å². The maximum Gasteiger partial charge on any atom is 0.469 e. The zero-order chi connectivity index (χ0) is 22.2. The molecule has 0 fully saturated rings. The summed E-state index contributed by atoms with van der Waals surface area (Å²) in [5.41, 5.74) is 0. The van der Waals surface area contributed by atoms with E-state index in [9.17, 15) is 14.5 Å². The van der Waals surface area contributed by atoms with E-state index in [0.29, 0.717) is 24.0 Å². The maximum atomic E-state index is 11.9. The Morgan fingerprint density at radius 2 is 1.55 bits per heavy atom. The number of hydrogen-bond donors (Lipinski definition) is 4. The molecule has 0 aromatic carbocycles. The Balaban J connectivity index is 3.66. The van der Waals surface area contributed by atoms with Gasteiger partial charge in [-0.05, 0) is 6.42 Å². The van der Waals surface area contributed by atoms with Gasteiger partial charge in [0.2, 0.25) is 5.91 Å². The molecule has 29 heavy (non-hydrogen) atoms. The van der Waals surface area contributed by atoms with Crippen molar-refractivity contribution in [2.45, 2.75) is 83.7 Å². The van der Waals surface area contributed by atoms with Gasteiger partial charge in [0.15, 0.2) is 0 Å². The number of unbranched alkanes of at least 4 members (excludes halogenated alkanes) is 8. The van der Waals surface area contributed by atoms with Crippen molar-refractivity contribution in [1.82, 2.24) is 5.32 Å². The molecule has 0 aromatic rings. The first kappa shape index (κ1) is 28.5. The monoisotopic (exact) mass is 439 g/mol. The van der Waals surface area contributed by atoms with Crippen molar-refractivity contribution in [2.75, 3.05) is 40.3 Å². The molecule has 0 spiro atoms. The lowest BCUT2D eigenvalue weighted by Gasteiger charge is -2.31. The first-order valence-electron chi connectivity index (χ1n) is 11.0. The molecule has 8 nitrogen and oxygen atoms in total. The summed E-state index contributed by atoms with van der Waals surface area (Å²) in [5, 5.41) is 12.8. The third-order valence-corrected chi connectivity index (χ3v) is 5.40. The molecule has 0 rings (SSSR count). The number of amides is 1. The Labute approximate surface area is 176 Å². The Hall–Kier alpha value is -0.500. The van der Waals surface area contributed by atoms with E-state index in [2.05, 4.69) is 16.8 Å². The molecule has 9 heteroatoms. The number of quaternary nitrogens is 1. The number of nitrogens with one attached hydrogen (secondary N) is 1. The minimum Gasteiger partial charge on any atom is -0.385 e. The molecule has 1 unspecified atom stereocenters. The van der Waals surface area contributed by atoms with Crippen LogP contribution < -0.4 is 5.32 Å². The summed E-state index contributed by atoms with van der Waals surface area (Å²) in [7, 11) is -0.716. The van der Waals surface area contributed by atoms with Crippen molar-refractivity contribution in [3.05, 3.63) is 0 Å². The SMILES string of the molecule is CCCCCCCCCCCC(=O)NCCC[N+](C)(C)CC(O)COP(=O)(O)O. The lowest BCUT2D eigenvalue weighted by Crippen LogP contribution is -2.47. The van der Waals surface area contributed by atoms with Gasteiger partial charge < -0.3 is 24.7 Å². The molecule has 0 aromatic heterocycles. The first-order chi connectivity index (χ1) is 13.6. The van der Waals surface area contributed by atoms with Gasteiger partial charge in [0, 0.05) is 19.4 Å². The minimum atomic E-state index is -4.56. The van der Waals surface area contributed by atoms with Crippen molar-refractivity contribution in [3.63, 3.8) is 0 Å². The van der Waals surface area contributed by atoms with E-state index in [0.717, 1.165) is 25.8 Å². The van der Waals surface area contributed by atoms with Gasteiger partial charge in [-0.25, -0.2) is 4.57 Å². The van der Waals surface area contributed by atoms with Gasteiger partial charge in [0.25, 0.3) is 0 Å². The van der Waals surface area contributed by atoms with Crippen molar-refractivity contribution >= 4 is 13.7 Å². The lowest BCUT2D eigenvalue weighted by atomic mass is 10.1. The van der Waals surface area contributed by atoms with Crippen molar-refractivity contribution in [2.24, 2.45) is 0 Å². The number of aliphatic hydroxyl groups excluding tert-OH is 1. The van der Waals surface area contributed by atoms with Crippen LogP contribution >= 0.6 is 7.82 Å². The summed E-state index contributed by atoms with van der Waals surface area (Å²) in [6.07, 6.45) is 11.5. The third kappa shape index (κ3) is 20.5. The highest BCUT2D eigenvalue weighted by Crippen LogP contribution is 2.35. The van der Waals surface area contributed by atoms with Crippen LogP contribution in [0.25, 0.3) is 0 Å². The van der Waals surface area contributed by atoms with Crippen LogP contribution in [0.1, 0.15) is 77.6 Å². The predicted molar refractivity (Wildman–Crippen MR) is 115 cm³/mol. The second-order valence-corrected chi connectivity index (χ2v) is 9.80. The summed E-state index contributed by atoms with van der Waals surface area (Å²) < 4.78 is 15.5. The van der Waals surface area contributed by atoms with Crippen LogP contribution in [-0.2, 0) is 13.9 Å². The smallest absolute Gasteiger partial charge is 0.385 e. The Bertz CT molecular complexity index is 470. The fourth-order valence-electron chi connectivity index (χ4n) is 3.32. The van der Waals surface area contributed by atoms with Crippen LogP contribution in [0.15, 0.2) is 0 Å². The largest absolute Gasteiger partial charge is 0.469 e. The molecule has 0 aliphatic carbocycles. The highest BCUT2D eigenvalue weighted by molar-refractivity contribution is 7.46. The normalized spacial score (nSPS) is 13.4. The van der Waals surface area contributed by atoms with Crippen LogP contribution in [0.3, 0.4) is 0 Å². The minimum absolute atomic E-state index is 0.0910. The van der Waals surface area contributed by atoms with Gasteiger partial charge in [-0.2, -0.15) is 0 Å². The lowest BCUT2D eigenvalue weighted by molar-refractivity contribution is -0.893. The number of likely N-dealkylation sites (N-methyl/N-ethyl adjacent to an activating group) is 1. The Morgan fingerprint density at radius 1 is 1.00 bits per heavy atom. The molecule has 0 aliphatic heterocycles. The van der Waals surface area contributed by atoms with Crippen LogP contribution in [0, 0.1) is 0 Å². The second kappa shape index (κ2) is 16.2. The summed E-state index contributed by atoms with van der Waals surface area (Å²) in [4.78, 5) is 29.2. The van der Waals surface area contributed by atoms with E-state index in [1.807, 2.05) is 14.1 Å². The molecule has 0 saturated heterocycles. The molecule has 0 heterocycles. The van der Waals surface area contributed by atoms with Crippen LogP contribution in [0.5, 0.6) is 0 Å². The molecule has 0 radical (unpaired) electrons. The Morgan fingerprint density at radius 3 is 2.10 bits per heavy atom. The van der Waals surface area contributed by atoms with Crippen molar-refractivity contribution in [1.29, 1.82) is 0 Å². The van der Waals surface area contributed by atoms with Gasteiger partial charge in [-0.3, -0.25) is 9.32 Å². The number of rotatable bonds is 19. The fourth-order valence-corrected chi connectivity index (χ4v) is 3.68. The number of aliphatic hydroxyl groups is 1. The van der Waals surface area contributed by atoms with E-state index < -0.39 is 20.5 Å². The quantitative estimate of drug-likeness (QED) is 0.140. The molecule has 0 bridgehead atoms. The average molecular weight is 440 g/mol. The van der Waals surface area contributed by atoms with E-state index in [1.54, 1.807) is 0 Å². The van der Waals surface area contributed by atoms with Gasteiger partial charge >= 0.3 is 7.82 Å². The Kier molecular flexibility index (Phi) is 15.9. The van der Waals surface area contributed by atoms with E-state index in [1.165, 1.54) is 44.9 Å². The van der Waals surface area contributed by atoms with Crippen molar-refractivity contribution < 1.29 is 33.3 Å². The van der Waals surface area contributed by atoms with E-state index in [4.69, 9.17) is 9.79 Å². The number of carbonyl (C=O) groups is 1. The number of nitrogens with zero attached hydrogens (tertiary/aromatic N) is 1. The van der Waals surface area contributed by atoms with Gasteiger partial charge in [0.05, 0.1) is 27.2 Å². The van der Waals surface area contributed by atoms with Crippen molar-refractivity contribution in [3.8, 4) is 0 Å². The summed E-state index contributed by atoms with van der Waals surface area (Å²) in [6.45, 7) is 3.45. The summed E-state index contributed by atoms with van der Waals surface area (Å²) >= 11 is 0. The molecular weight excluding hydrogens is 395 g/mol. The molecule has 174 valence electrons. The second-order valence-electron chi connectivity index (χ2n) is 8.56. The number of phosphoric acid groups is 1. The van der Waals surface area contributed by atoms with Crippen LogP contribution in [0.4, 0.5) is 0 Å². The molecule has 4 N–H and O–H groups in total. The average Bonchev–Trinajstić information content (AvgIpc) is 2.61. The molecule has 1 atom stereocenters. The van der Waals surface area contributed by atoms with Gasteiger partial charge in [0.1, 0.15) is 12.6 Å². The highest BCUT2D eigenvalue weighted by Gasteiger charge is 2.23. The maximum absolute atomic E-state index is 11.9. The number of carbonyl (C=O) groups excluding carboxylic acids is 1. The summed E-state index contributed by atoms with van der Waals surface area (Å²) in [6, 6.07) is 0. The highest BCUT2D eigenvalue weighted by atomic mass is 31.2. The first-order valence-corrected chi connectivity index (χ1v) is 12.6. The molecule has 0 aliphatic rings. The fraction of sp³-hybridized carbons (Fsp3) is 0.950. The molecular formula is C20H44N2O6P+. The topological polar surface area (TPSA) is 116 Å². The zero-order valence-corrected chi connectivity index (χ0v) is 19.5. The van der Waals surface area contributed by atoms with Gasteiger partial charge in [-0.15, -0.1) is 0 Å². The zero-order valence-electron chi connectivity index (χ0n) is 18.6. The third-order valence-electron chi connectivity index (χ3n) is 4.91. The van der Waals surface area contributed by atoms with Crippen LogP contribution in [0.2, 0.25) is 0 Å². The molecule has 0 saturated carbocycles. The van der Waals surface area contributed by atoms with E-state index in [-0.39, 0.29) is 5.91 Å².